The number of thiazole rings is 1. The summed E-state index contributed by atoms with van der Waals surface area (Å²) in [6, 6.07) is 6.17. The topological polar surface area (TPSA) is 47.0 Å². The smallest absolute Gasteiger partial charge is 0.213 e. The average molecular weight is 263 g/mol. The van der Waals surface area contributed by atoms with Gasteiger partial charge in [0.15, 0.2) is 0 Å². The lowest BCUT2D eigenvalue weighted by atomic mass is 10.3. The second kappa shape index (κ2) is 5.93. The molecule has 0 aliphatic carbocycles. The second-order valence-corrected chi connectivity index (χ2v) is 5.10. The monoisotopic (exact) mass is 263 g/mol. The zero-order chi connectivity index (χ0) is 13.0. The third kappa shape index (κ3) is 3.27. The molecule has 2 heterocycles. The van der Waals surface area contributed by atoms with Crippen LogP contribution in [0.1, 0.15) is 19.5 Å². The van der Waals surface area contributed by atoms with E-state index in [1.807, 2.05) is 18.2 Å². The lowest BCUT2D eigenvalue weighted by Crippen LogP contribution is -2.21. The Morgan fingerprint density at radius 3 is 2.89 bits per heavy atom. The Labute approximate surface area is 111 Å². The lowest BCUT2D eigenvalue weighted by molar-refractivity contribution is 0.398. The van der Waals surface area contributed by atoms with Crippen molar-refractivity contribution >= 4 is 11.3 Å². The Kier molecular flexibility index (Phi) is 4.28. The molecule has 0 saturated carbocycles. The molecule has 0 aliphatic rings. The van der Waals surface area contributed by atoms with E-state index in [0.29, 0.717) is 11.9 Å². The van der Waals surface area contributed by atoms with Gasteiger partial charge in [0.2, 0.25) is 5.88 Å². The molecule has 18 heavy (non-hydrogen) atoms. The zero-order valence-electron chi connectivity index (χ0n) is 10.8. The minimum Gasteiger partial charge on any atom is -0.481 e. The van der Waals surface area contributed by atoms with Crippen molar-refractivity contribution < 1.29 is 4.74 Å². The number of aromatic nitrogens is 2. The Morgan fingerprint density at radius 1 is 1.33 bits per heavy atom. The highest BCUT2D eigenvalue weighted by Crippen LogP contribution is 2.23. The van der Waals surface area contributed by atoms with Crippen molar-refractivity contribution in [1.29, 1.82) is 0 Å². The van der Waals surface area contributed by atoms with Gasteiger partial charge in [0.1, 0.15) is 10.7 Å². The normalized spacial score (nSPS) is 10.9. The number of pyridine rings is 1. The summed E-state index contributed by atoms with van der Waals surface area (Å²) in [5, 5.41) is 6.33. The Hall–Kier alpha value is -1.46. The van der Waals surface area contributed by atoms with Gasteiger partial charge in [-0.2, -0.15) is 0 Å². The number of hydrogen-bond acceptors (Lipinski definition) is 5. The molecular formula is C13H17N3OS. The van der Waals surface area contributed by atoms with Crippen molar-refractivity contribution in [2.45, 2.75) is 26.4 Å². The van der Waals surface area contributed by atoms with Crippen LogP contribution in [0.3, 0.4) is 0 Å². The Balaban J connectivity index is 2.13. The minimum atomic E-state index is 0.463. The van der Waals surface area contributed by atoms with Crippen LogP contribution in [-0.4, -0.2) is 23.1 Å². The second-order valence-electron chi connectivity index (χ2n) is 4.24. The van der Waals surface area contributed by atoms with E-state index in [0.717, 1.165) is 22.9 Å². The van der Waals surface area contributed by atoms with E-state index in [2.05, 4.69) is 34.5 Å². The molecule has 0 spiro atoms. The third-order valence-corrected chi connectivity index (χ3v) is 3.31. The molecular weight excluding hydrogens is 246 g/mol. The first-order chi connectivity index (χ1) is 8.69. The van der Waals surface area contributed by atoms with Crippen molar-refractivity contribution in [3.05, 3.63) is 29.3 Å². The van der Waals surface area contributed by atoms with Crippen molar-refractivity contribution in [1.82, 2.24) is 15.3 Å². The summed E-state index contributed by atoms with van der Waals surface area (Å²) < 4.78 is 5.12. The number of methoxy groups -OCH3 is 1. The molecule has 5 heteroatoms. The Morgan fingerprint density at radius 2 is 2.17 bits per heavy atom. The standard InChI is InChI=1S/C13H17N3OS/c1-9(2)14-7-10-8-18-13(15-10)11-5-4-6-12(16-11)17-3/h4-6,8-9,14H,7H2,1-3H3. The fraction of sp³-hybridized carbons (Fsp3) is 0.385. The molecule has 0 fully saturated rings. The van der Waals surface area contributed by atoms with Gasteiger partial charge in [0.25, 0.3) is 0 Å². The molecule has 2 aromatic heterocycles. The van der Waals surface area contributed by atoms with Crippen LogP contribution >= 0.6 is 11.3 Å². The lowest BCUT2D eigenvalue weighted by Gasteiger charge is -2.04. The van der Waals surface area contributed by atoms with Crippen LogP contribution in [0.15, 0.2) is 23.6 Å². The molecule has 0 unspecified atom stereocenters. The van der Waals surface area contributed by atoms with E-state index >= 15 is 0 Å². The van der Waals surface area contributed by atoms with Gasteiger partial charge in [-0.1, -0.05) is 19.9 Å². The fourth-order valence-corrected chi connectivity index (χ4v) is 2.25. The van der Waals surface area contributed by atoms with Gasteiger partial charge < -0.3 is 10.1 Å². The van der Waals surface area contributed by atoms with Gasteiger partial charge in [-0.15, -0.1) is 11.3 Å². The van der Waals surface area contributed by atoms with Crippen LogP contribution in [-0.2, 0) is 6.54 Å². The quantitative estimate of drug-likeness (QED) is 0.901. The van der Waals surface area contributed by atoms with E-state index in [-0.39, 0.29) is 0 Å². The Bertz CT molecular complexity index is 510. The van der Waals surface area contributed by atoms with Gasteiger partial charge in [0, 0.05) is 24.0 Å². The molecule has 0 saturated heterocycles. The summed E-state index contributed by atoms with van der Waals surface area (Å²) in [7, 11) is 1.62. The third-order valence-electron chi connectivity index (χ3n) is 2.39. The van der Waals surface area contributed by atoms with Crippen molar-refractivity contribution in [3.8, 4) is 16.6 Å². The molecule has 0 radical (unpaired) electrons. The molecule has 1 N–H and O–H groups in total. The summed E-state index contributed by atoms with van der Waals surface area (Å²) in [6.07, 6.45) is 0. The van der Waals surface area contributed by atoms with E-state index < -0.39 is 0 Å². The summed E-state index contributed by atoms with van der Waals surface area (Å²) >= 11 is 1.60. The average Bonchev–Trinajstić information content (AvgIpc) is 2.85. The first-order valence-corrected chi connectivity index (χ1v) is 6.76. The SMILES string of the molecule is COc1cccc(-c2nc(CNC(C)C)cs2)n1. The van der Waals surface area contributed by atoms with Gasteiger partial charge >= 0.3 is 0 Å². The molecule has 0 aliphatic heterocycles. The van der Waals surface area contributed by atoms with E-state index in [4.69, 9.17) is 4.74 Å². The summed E-state index contributed by atoms with van der Waals surface area (Å²) in [5.74, 6) is 0.615. The van der Waals surface area contributed by atoms with Crippen LogP contribution in [0.4, 0.5) is 0 Å². The number of rotatable bonds is 5. The highest BCUT2D eigenvalue weighted by atomic mass is 32.1. The molecule has 0 atom stereocenters. The van der Waals surface area contributed by atoms with Crippen molar-refractivity contribution in [2.24, 2.45) is 0 Å². The number of hydrogen-bond donors (Lipinski definition) is 1. The fourth-order valence-electron chi connectivity index (χ4n) is 1.46. The predicted octanol–water partition coefficient (Wildman–Crippen LogP) is 2.71. The first kappa shape index (κ1) is 13.0. The van der Waals surface area contributed by atoms with E-state index in [9.17, 15) is 0 Å². The maximum Gasteiger partial charge on any atom is 0.213 e. The van der Waals surface area contributed by atoms with Crippen molar-refractivity contribution in [3.63, 3.8) is 0 Å². The summed E-state index contributed by atoms with van der Waals surface area (Å²) in [6.45, 7) is 5.03. The van der Waals surface area contributed by atoms with Crippen LogP contribution in [0.25, 0.3) is 10.7 Å². The van der Waals surface area contributed by atoms with Gasteiger partial charge in [-0.05, 0) is 6.07 Å². The van der Waals surface area contributed by atoms with E-state index in [1.54, 1.807) is 18.4 Å². The molecule has 2 rings (SSSR count). The summed E-state index contributed by atoms with van der Waals surface area (Å²) in [5.41, 5.74) is 1.91. The molecule has 96 valence electrons. The molecule has 0 bridgehead atoms. The molecule has 4 nitrogen and oxygen atoms in total. The van der Waals surface area contributed by atoms with Crippen LogP contribution < -0.4 is 10.1 Å². The molecule has 0 amide bonds. The highest BCUT2D eigenvalue weighted by molar-refractivity contribution is 7.13. The van der Waals surface area contributed by atoms with Gasteiger partial charge in [-0.25, -0.2) is 9.97 Å². The minimum absolute atomic E-state index is 0.463. The largest absolute Gasteiger partial charge is 0.481 e. The maximum absolute atomic E-state index is 5.12. The first-order valence-electron chi connectivity index (χ1n) is 5.88. The van der Waals surface area contributed by atoms with E-state index in [1.165, 1.54) is 0 Å². The van der Waals surface area contributed by atoms with Crippen LogP contribution in [0, 0.1) is 0 Å². The zero-order valence-corrected chi connectivity index (χ0v) is 11.6. The van der Waals surface area contributed by atoms with Gasteiger partial charge in [-0.3, -0.25) is 0 Å². The highest BCUT2D eigenvalue weighted by Gasteiger charge is 2.07. The van der Waals surface area contributed by atoms with Crippen molar-refractivity contribution in [2.75, 3.05) is 7.11 Å². The van der Waals surface area contributed by atoms with Crippen LogP contribution in [0.2, 0.25) is 0 Å². The maximum atomic E-state index is 5.12. The molecule has 2 aromatic rings. The summed E-state index contributed by atoms with van der Waals surface area (Å²) in [4.78, 5) is 8.94. The number of nitrogens with one attached hydrogen (secondary N) is 1. The predicted molar refractivity (Wildman–Crippen MR) is 73.9 cm³/mol. The van der Waals surface area contributed by atoms with Gasteiger partial charge in [0.05, 0.1) is 12.8 Å². The van der Waals surface area contributed by atoms with Crippen LogP contribution in [0.5, 0.6) is 5.88 Å². The number of ether oxygens (including phenoxy) is 1. The molecule has 0 aromatic carbocycles. The number of nitrogens with zero attached hydrogens (tertiary/aromatic N) is 2.